The number of benzene rings is 2. The highest BCUT2D eigenvalue weighted by atomic mass is 32.2. The lowest BCUT2D eigenvalue weighted by Crippen LogP contribution is -2.34. The Bertz CT molecular complexity index is 1040. The van der Waals surface area contributed by atoms with Crippen molar-refractivity contribution < 1.29 is 27.6 Å². The second-order valence-electron chi connectivity index (χ2n) is 6.07. The van der Waals surface area contributed by atoms with Gasteiger partial charge in [0.15, 0.2) is 0 Å². The summed E-state index contributed by atoms with van der Waals surface area (Å²) in [5, 5.41) is 25.7. The average molecular weight is 453 g/mol. The number of rotatable bonds is 8. The minimum Gasteiger partial charge on any atom is -0.492 e. The third-order valence-electron chi connectivity index (χ3n) is 3.53. The van der Waals surface area contributed by atoms with Gasteiger partial charge in [0.2, 0.25) is 5.96 Å². The van der Waals surface area contributed by atoms with Crippen LogP contribution in [0.3, 0.4) is 0 Å². The zero-order chi connectivity index (χ0) is 23.6. The Morgan fingerprint density at radius 2 is 1.87 bits per heavy atom. The van der Waals surface area contributed by atoms with Crippen LogP contribution in [0, 0.1) is 29.4 Å². The van der Waals surface area contributed by atoms with Gasteiger partial charge in [0.25, 0.3) is 5.09 Å². The molecule has 0 aromatic heterocycles. The van der Waals surface area contributed by atoms with E-state index in [1.807, 2.05) is 0 Å². The predicted octanol–water partition coefficient (Wildman–Crippen LogP) is 1.91. The van der Waals surface area contributed by atoms with Crippen LogP contribution in [-0.4, -0.2) is 49.5 Å². The Hall–Kier alpha value is -3.87. The van der Waals surface area contributed by atoms with Crippen molar-refractivity contribution in [2.75, 3.05) is 13.2 Å². The highest BCUT2D eigenvalue weighted by Crippen LogP contribution is 2.26. The van der Waals surface area contributed by atoms with Gasteiger partial charge in [-0.3, -0.25) is 5.41 Å². The Kier molecular flexibility index (Phi) is 9.21. The molecule has 0 heterocycles. The summed E-state index contributed by atoms with van der Waals surface area (Å²) < 4.78 is 35.8. The molecular formula is C18H23N5O7S. The molecule has 2 aromatic carbocycles. The fraction of sp³-hybridized carbons (Fsp3) is 0.222. The summed E-state index contributed by atoms with van der Waals surface area (Å²) in [7, 11) is -3.95. The van der Waals surface area contributed by atoms with E-state index in [4.69, 9.17) is 35.4 Å². The van der Waals surface area contributed by atoms with Crippen molar-refractivity contribution in [3.63, 3.8) is 0 Å². The van der Waals surface area contributed by atoms with E-state index in [0.717, 1.165) is 11.1 Å². The number of guanidine groups is 1. The summed E-state index contributed by atoms with van der Waals surface area (Å²) in [6.45, 7) is 7.33. The van der Waals surface area contributed by atoms with Gasteiger partial charge in [0, 0.05) is 12.8 Å². The smallest absolute Gasteiger partial charge is 0.339 e. The van der Waals surface area contributed by atoms with Crippen LogP contribution in [0.1, 0.15) is 11.1 Å². The van der Waals surface area contributed by atoms with Gasteiger partial charge in [-0.05, 0) is 49.2 Å². The van der Waals surface area contributed by atoms with E-state index in [9.17, 15) is 8.42 Å². The minimum atomic E-state index is -3.95. The molecule has 0 aliphatic carbocycles. The molecule has 0 amide bonds. The molecule has 0 saturated heterocycles. The van der Waals surface area contributed by atoms with Gasteiger partial charge in [-0.2, -0.15) is 13.5 Å². The number of nitrogens with two attached hydrogens (primary N) is 1. The van der Waals surface area contributed by atoms with Crippen molar-refractivity contribution in [1.29, 1.82) is 5.41 Å². The van der Waals surface area contributed by atoms with Crippen LogP contribution >= 0.6 is 0 Å². The monoisotopic (exact) mass is 453 g/mol. The zero-order valence-electron chi connectivity index (χ0n) is 16.9. The normalized spacial score (nSPS) is 10.3. The van der Waals surface area contributed by atoms with Gasteiger partial charge in [0.1, 0.15) is 23.0 Å². The molecule has 2 aromatic rings. The second kappa shape index (κ2) is 11.3. The summed E-state index contributed by atoms with van der Waals surface area (Å²) >= 11 is 0. The molecule has 0 atom stereocenters. The topological polar surface area (TPSA) is 181 Å². The van der Waals surface area contributed by atoms with Crippen LogP contribution in [0.25, 0.3) is 0 Å². The number of nitrogens with one attached hydrogen (secondary N) is 1. The fourth-order valence-electron chi connectivity index (χ4n) is 2.31. The van der Waals surface area contributed by atoms with E-state index in [1.54, 1.807) is 44.2 Å². The first-order chi connectivity index (χ1) is 14.4. The van der Waals surface area contributed by atoms with E-state index >= 15 is 0 Å². The Morgan fingerprint density at radius 1 is 1.26 bits per heavy atom. The molecule has 4 N–H and O–H groups in total. The molecule has 13 heteroatoms. The molecule has 0 radical (unpaired) electrons. The molecule has 0 spiro atoms. The summed E-state index contributed by atoms with van der Waals surface area (Å²) in [5.41, 5.74) is 6.93. The number of hydrazone groups is 1. The quantitative estimate of drug-likeness (QED) is 0.177. The summed E-state index contributed by atoms with van der Waals surface area (Å²) in [6.07, 6.45) is 0. The molecule has 0 aliphatic heterocycles. The number of hydrogen-bond donors (Lipinski definition) is 3. The van der Waals surface area contributed by atoms with Crippen molar-refractivity contribution in [3.8, 4) is 11.5 Å². The molecule has 168 valence electrons. The van der Waals surface area contributed by atoms with Gasteiger partial charge < -0.3 is 19.9 Å². The lowest BCUT2D eigenvalue weighted by atomic mass is 10.2. The molecule has 0 saturated carbocycles. The summed E-state index contributed by atoms with van der Waals surface area (Å²) in [5.74, 6) is 0.333. The van der Waals surface area contributed by atoms with Gasteiger partial charge in [0.05, 0.1) is 6.54 Å². The van der Waals surface area contributed by atoms with Gasteiger partial charge >= 0.3 is 10.1 Å². The fourth-order valence-corrected chi connectivity index (χ4v) is 3.33. The van der Waals surface area contributed by atoms with Crippen molar-refractivity contribution in [2.45, 2.75) is 18.7 Å². The third-order valence-corrected chi connectivity index (χ3v) is 4.77. The molecule has 0 unspecified atom stereocenters. The van der Waals surface area contributed by atoms with E-state index in [-0.39, 0.29) is 29.8 Å². The number of nitrogens with zero attached hydrogens (tertiary/aromatic N) is 3. The molecule has 0 bridgehead atoms. The lowest BCUT2D eigenvalue weighted by Gasteiger charge is -2.16. The first-order valence-electron chi connectivity index (χ1n) is 8.61. The first-order valence-corrected chi connectivity index (χ1v) is 10.0. The Balaban J connectivity index is 0.00000110. The van der Waals surface area contributed by atoms with E-state index < -0.39 is 15.2 Å². The summed E-state index contributed by atoms with van der Waals surface area (Å²) in [6, 6.07) is 11.3. The van der Waals surface area contributed by atoms with Crippen LogP contribution < -0.4 is 14.7 Å². The second-order valence-corrected chi connectivity index (χ2v) is 7.62. The van der Waals surface area contributed by atoms with Crippen LogP contribution in [-0.2, 0) is 10.1 Å². The van der Waals surface area contributed by atoms with Gasteiger partial charge in [-0.15, -0.1) is 10.1 Å². The molecule has 0 fully saturated rings. The zero-order valence-corrected chi connectivity index (χ0v) is 17.7. The van der Waals surface area contributed by atoms with Crippen LogP contribution in [0.2, 0.25) is 0 Å². The predicted molar refractivity (Wildman–Crippen MR) is 113 cm³/mol. The largest absolute Gasteiger partial charge is 0.492 e. The lowest BCUT2D eigenvalue weighted by molar-refractivity contribution is -0.742. The maximum Gasteiger partial charge on any atom is 0.339 e. The average Bonchev–Trinajstić information content (AvgIpc) is 2.63. The number of aryl methyl sites for hydroxylation is 2. The van der Waals surface area contributed by atoms with E-state index in [0.29, 0.717) is 5.75 Å². The Labute approximate surface area is 179 Å². The highest BCUT2D eigenvalue weighted by Gasteiger charge is 2.17. The molecule has 12 nitrogen and oxygen atoms in total. The van der Waals surface area contributed by atoms with E-state index in [2.05, 4.69) is 11.8 Å². The van der Waals surface area contributed by atoms with Gasteiger partial charge in [-0.25, -0.2) is 5.01 Å². The number of hydrogen-bond acceptors (Lipinski definition) is 8. The summed E-state index contributed by atoms with van der Waals surface area (Å²) in [4.78, 5) is 8.45. The SMILES string of the molecule is C=NN(CCOc1cc(C)cc(OS(=O)(=O)c2cccc(C)c2)c1)C(=N)N.O=[N+]([O-])O. The third kappa shape index (κ3) is 8.99. The van der Waals surface area contributed by atoms with Crippen molar-refractivity contribution in [3.05, 3.63) is 63.7 Å². The molecule has 0 aliphatic rings. The maximum absolute atomic E-state index is 12.5. The molecule has 2 rings (SSSR count). The maximum atomic E-state index is 12.5. The standard InChI is InChI=1S/C18H22N4O4S.HNO3/c1-13-5-4-6-17(11-13)27(23,24)26-16-10-14(2)9-15(12-16)25-8-7-22(21-3)18(19)20;2-1(3)4/h4-6,9-12H,3,7-8H2,1-2H3,(H3,19,20);(H,2,3,4). The number of ether oxygens (including phenoxy) is 1. The highest BCUT2D eigenvalue weighted by molar-refractivity contribution is 7.87. The molecule has 31 heavy (non-hydrogen) atoms. The van der Waals surface area contributed by atoms with Gasteiger partial charge in [-0.1, -0.05) is 12.1 Å². The van der Waals surface area contributed by atoms with Crippen molar-refractivity contribution in [2.24, 2.45) is 10.8 Å². The van der Waals surface area contributed by atoms with Crippen molar-refractivity contribution in [1.82, 2.24) is 5.01 Å². The van der Waals surface area contributed by atoms with Crippen LogP contribution in [0.4, 0.5) is 0 Å². The Morgan fingerprint density at radius 3 is 2.42 bits per heavy atom. The van der Waals surface area contributed by atoms with Crippen molar-refractivity contribution >= 4 is 22.8 Å². The van der Waals surface area contributed by atoms with Crippen LogP contribution in [0.5, 0.6) is 11.5 Å². The first kappa shape index (κ1) is 25.2. The minimum absolute atomic E-state index is 0.0839. The molecular weight excluding hydrogens is 430 g/mol. The van der Waals surface area contributed by atoms with E-state index in [1.165, 1.54) is 17.1 Å². The van der Waals surface area contributed by atoms with Crippen LogP contribution in [0.15, 0.2) is 52.5 Å².